The van der Waals surface area contributed by atoms with Gasteiger partial charge in [-0.2, -0.15) is 0 Å². The molecule has 186 valence electrons. The highest BCUT2D eigenvalue weighted by Crippen LogP contribution is 2.28. The number of allylic oxidation sites excluding steroid dienone is 1. The minimum atomic E-state index is -0.407. The fraction of sp³-hybridized carbons (Fsp3) is 0.276. The van der Waals surface area contributed by atoms with Crippen LogP contribution < -0.4 is 10.6 Å². The molecule has 1 aliphatic rings. The molecule has 7 heteroatoms. The summed E-state index contributed by atoms with van der Waals surface area (Å²) >= 11 is 0. The van der Waals surface area contributed by atoms with E-state index in [9.17, 15) is 4.79 Å². The third kappa shape index (κ3) is 6.37. The maximum absolute atomic E-state index is 12.2. The fourth-order valence-electron chi connectivity index (χ4n) is 4.26. The monoisotopic (exact) mass is 484 g/mol. The van der Waals surface area contributed by atoms with Crippen molar-refractivity contribution in [3.63, 3.8) is 0 Å². The van der Waals surface area contributed by atoms with E-state index in [4.69, 9.17) is 14.9 Å². The molecule has 1 atom stereocenters. The van der Waals surface area contributed by atoms with Crippen LogP contribution >= 0.6 is 0 Å². The summed E-state index contributed by atoms with van der Waals surface area (Å²) in [4.78, 5) is 16.7. The first-order valence-corrected chi connectivity index (χ1v) is 12.1. The van der Waals surface area contributed by atoms with Gasteiger partial charge >= 0.3 is 5.97 Å². The number of carbonyl (C=O) groups excluding carboxylic acids is 1. The summed E-state index contributed by atoms with van der Waals surface area (Å²) in [6.45, 7) is 4.72. The smallest absolute Gasteiger partial charge is 0.339 e. The summed E-state index contributed by atoms with van der Waals surface area (Å²) in [5.41, 5.74) is 6.66. The van der Waals surface area contributed by atoms with Crippen molar-refractivity contribution in [2.24, 2.45) is 0 Å². The largest absolute Gasteiger partial charge is 0.465 e. The van der Waals surface area contributed by atoms with Gasteiger partial charge in [-0.15, -0.1) is 0 Å². The molecule has 1 fully saturated rings. The average molecular weight is 485 g/mol. The molecule has 7 nitrogen and oxygen atoms in total. The van der Waals surface area contributed by atoms with Gasteiger partial charge in [0.05, 0.1) is 29.8 Å². The van der Waals surface area contributed by atoms with Crippen LogP contribution in [0.15, 0.2) is 60.7 Å². The SMILES string of the molecule is COC(=O)c1ccccc1Nc1ccc(C(=N)/C=C/c2cc(C)cc(C)n2)c(NC2CCCCO2)c1. The Balaban J connectivity index is 1.63. The maximum atomic E-state index is 12.2. The van der Waals surface area contributed by atoms with Crippen LogP contribution in [0.25, 0.3) is 6.08 Å². The van der Waals surface area contributed by atoms with Crippen LogP contribution in [-0.2, 0) is 9.47 Å². The summed E-state index contributed by atoms with van der Waals surface area (Å²) in [7, 11) is 1.37. The molecule has 1 unspecified atom stereocenters. The lowest BCUT2D eigenvalue weighted by atomic mass is 10.0. The number of para-hydroxylation sites is 1. The van der Waals surface area contributed by atoms with Gasteiger partial charge in [-0.1, -0.05) is 12.1 Å². The molecule has 0 radical (unpaired) electrons. The van der Waals surface area contributed by atoms with E-state index in [1.54, 1.807) is 18.2 Å². The zero-order valence-corrected chi connectivity index (χ0v) is 20.9. The molecule has 3 N–H and O–H groups in total. The molecule has 0 aliphatic carbocycles. The lowest BCUT2D eigenvalue weighted by molar-refractivity contribution is 0.0343. The number of benzene rings is 2. The number of rotatable bonds is 8. The highest BCUT2D eigenvalue weighted by molar-refractivity contribution is 6.12. The third-order valence-corrected chi connectivity index (χ3v) is 5.96. The zero-order chi connectivity index (χ0) is 25.5. The van der Waals surface area contributed by atoms with Crippen LogP contribution in [0.5, 0.6) is 0 Å². The second-order valence-corrected chi connectivity index (χ2v) is 8.88. The number of methoxy groups -OCH3 is 1. The van der Waals surface area contributed by atoms with E-state index in [2.05, 4.69) is 15.6 Å². The van der Waals surface area contributed by atoms with Gasteiger partial charge in [0.15, 0.2) is 0 Å². The molecule has 1 aliphatic heterocycles. The predicted octanol–water partition coefficient (Wildman–Crippen LogP) is 6.25. The van der Waals surface area contributed by atoms with Gasteiger partial charge in [0.25, 0.3) is 0 Å². The summed E-state index contributed by atoms with van der Waals surface area (Å²) < 4.78 is 10.8. The Bertz CT molecular complexity index is 1260. The molecular weight excluding hydrogens is 452 g/mol. The zero-order valence-electron chi connectivity index (χ0n) is 20.9. The van der Waals surface area contributed by atoms with Gasteiger partial charge in [-0.25, -0.2) is 4.79 Å². The second-order valence-electron chi connectivity index (χ2n) is 8.88. The quantitative estimate of drug-likeness (QED) is 0.258. The van der Waals surface area contributed by atoms with E-state index in [0.29, 0.717) is 23.6 Å². The number of nitrogens with one attached hydrogen (secondary N) is 3. The van der Waals surface area contributed by atoms with Crippen LogP contribution in [0, 0.1) is 19.3 Å². The van der Waals surface area contributed by atoms with Crippen LogP contribution in [-0.4, -0.2) is 36.6 Å². The first-order valence-electron chi connectivity index (χ1n) is 12.1. The van der Waals surface area contributed by atoms with Gasteiger partial charge in [0.1, 0.15) is 6.23 Å². The highest BCUT2D eigenvalue weighted by atomic mass is 16.5. The maximum Gasteiger partial charge on any atom is 0.339 e. The number of anilines is 3. The molecule has 36 heavy (non-hydrogen) atoms. The predicted molar refractivity (Wildman–Crippen MR) is 144 cm³/mol. The van der Waals surface area contributed by atoms with E-state index in [-0.39, 0.29) is 6.23 Å². The summed E-state index contributed by atoms with van der Waals surface area (Å²) in [6.07, 6.45) is 6.56. The van der Waals surface area contributed by atoms with Gasteiger partial charge in [0.2, 0.25) is 0 Å². The third-order valence-electron chi connectivity index (χ3n) is 5.96. The second kappa shape index (κ2) is 11.6. The first kappa shape index (κ1) is 25.1. The van der Waals surface area contributed by atoms with Crippen molar-refractivity contribution in [1.82, 2.24) is 4.98 Å². The van der Waals surface area contributed by atoms with Gasteiger partial charge in [-0.3, -0.25) is 4.98 Å². The van der Waals surface area contributed by atoms with Crippen molar-refractivity contribution in [1.29, 1.82) is 5.41 Å². The van der Waals surface area contributed by atoms with Crippen LogP contribution in [0.2, 0.25) is 0 Å². The van der Waals surface area contributed by atoms with Crippen LogP contribution in [0.4, 0.5) is 17.1 Å². The Morgan fingerprint density at radius 1 is 1.08 bits per heavy atom. The molecular formula is C29H32N4O3. The Kier molecular flexibility index (Phi) is 8.13. The molecule has 1 aromatic heterocycles. The molecule has 3 aromatic rings. The van der Waals surface area contributed by atoms with E-state index < -0.39 is 5.97 Å². The summed E-state index contributed by atoms with van der Waals surface area (Å²) in [5.74, 6) is -0.407. The van der Waals surface area contributed by atoms with E-state index in [1.807, 2.05) is 62.4 Å². The number of hydrogen-bond donors (Lipinski definition) is 3. The Morgan fingerprint density at radius 2 is 1.92 bits per heavy atom. The van der Waals surface area contributed by atoms with Gasteiger partial charge < -0.3 is 25.5 Å². The minimum absolute atomic E-state index is 0.118. The normalized spacial score (nSPS) is 15.5. The van der Waals surface area contributed by atoms with Gasteiger partial charge in [0, 0.05) is 29.2 Å². The number of aromatic nitrogens is 1. The van der Waals surface area contributed by atoms with Crippen molar-refractivity contribution in [2.45, 2.75) is 39.3 Å². The molecule has 0 bridgehead atoms. The van der Waals surface area contributed by atoms with Crippen molar-refractivity contribution < 1.29 is 14.3 Å². The summed E-state index contributed by atoms with van der Waals surface area (Å²) in [5, 5.41) is 15.6. The average Bonchev–Trinajstić information content (AvgIpc) is 2.87. The van der Waals surface area contributed by atoms with Crippen molar-refractivity contribution >= 4 is 34.8 Å². The molecule has 2 aromatic carbocycles. The summed E-state index contributed by atoms with van der Waals surface area (Å²) in [6, 6.07) is 17.0. The highest BCUT2D eigenvalue weighted by Gasteiger charge is 2.17. The number of hydrogen-bond acceptors (Lipinski definition) is 7. The minimum Gasteiger partial charge on any atom is -0.465 e. The fourth-order valence-corrected chi connectivity index (χ4v) is 4.26. The molecule has 0 saturated carbocycles. The Labute approximate surface area is 212 Å². The topological polar surface area (TPSA) is 96.3 Å². The molecule has 4 rings (SSSR count). The number of aryl methyl sites for hydroxylation is 2. The van der Waals surface area contributed by atoms with E-state index >= 15 is 0 Å². The van der Waals surface area contributed by atoms with Gasteiger partial charge in [-0.05, 0) is 93.3 Å². The Morgan fingerprint density at radius 3 is 2.67 bits per heavy atom. The van der Waals surface area contributed by atoms with E-state index in [0.717, 1.165) is 53.2 Å². The molecule has 1 saturated heterocycles. The number of esters is 1. The van der Waals surface area contributed by atoms with E-state index in [1.165, 1.54) is 7.11 Å². The van der Waals surface area contributed by atoms with Crippen LogP contribution in [0.1, 0.15) is 52.1 Å². The standard InChI is InChI=1S/C29H32N4O3/c1-19-16-20(2)31-21(17-19)12-14-25(30)23-13-11-22(18-27(23)33-28-10-6-7-15-36-28)32-26-9-5-4-8-24(26)29(34)35-3/h4-5,8-9,11-14,16-18,28,30,32-33H,6-7,10,15H2,1-3H3/b14-12+,30-25?. The number of carbonyl (C=O) groups is 1. The van der Waals surface area contributed by atoms with Crippen molar-refractivity contribution in [2.75, 3.05) is 24.4 Å². The molecule has 0 spiro atoms. The Hall–Kier alpha value is -3.97. The lowest BCUT2D eigenvalue weighted by Crippen LogP contribution is -2.28. The first-order chi connectivity index (χ1) is 17.4. The van der Waals surface area contributed by atoms with Crippen molar-refractivity contribution in [3.05, 3.63) is 88.8 Å². The van der Waals surface area contributed by atoms with Crippen molar-refractivity contribution in [3.8, 4) is 0 Å². The number of nitrogens with zero attached hydrogens (tertiary/aromatic N) is 1. The molecule has 2 heterocycles. The number of ether oxygens (including phenoxy) is 2. The lowest BCUT2D eigenvalue weighted by Gasteiger charge is -2.26. The number of pyridine rings is 1. The molecule has 0 amide bonds. The van der Waals surface area contributed by atoms with Crippen LogP contribution in [0.3, 0.4) is 0 Å².